The smallest absolute Gasteiger partial charge is 0.295 e. The molecule has 180 valence electrons. The lowest BCUT2D eigenvalue weighted by atomic mass is 9.80. The van der Waals surface area contributed by atoms with Crippen molar-refractivity contribution in [3.63, 3.8) is 0 Å². The molecule has 0 radical (unpaired) electrons. The van der Waals surface area contributed by atoms with Crippen LogP contribution in [0.25, 0.3) is 0 Å². The number of nitrogens with zero attached hydrogens (tertiary/aromatic N) is 2. The predicted molar refractivity (Wildman–Crippen MR) is 119 cm³/mol. The van der Waals surface area contributed by atoms with Gasteiger partial charge in [-0.15, -0.1) is 0 Å². The summed E-state index contributed by atoms with van der Waals surface area (Å²) in [7, 11) is 0. The van der Waals surface area contributed by atoms with Crippen molar-refractivity contribution in [1.82, 2.24) is 10.6 Å². The fourth-order valence-electron chi connectivity index (χ4n) is 4.64. The van der Waals surface area contributed by atoms with Crippen LogP contribution in [0.1, 0.15) is 49.1 Å². The first-order valence-electron chi connectivity index (χ1n) is 11.2. The van der Waals surface area contributed by atoms with Crippen molar-refractivity contribution in [3.8, 4) is 0 Å². The Hall–Kier alpha value is -3.76. The maximum atomic E-state index is 13.5. The number of carbonyl (C=O) groups excluding carboxylic acids is 3. The molecule has 2 fully saturated rings. The Morgan fingerprint density at radius 3 is 2.62 bits per heavy atom. The summed E-state index contributed by atoms with van der Waals surface area (Å²) in [5, 5.41) is 16.9. The third kappa shape index (κ3) is 4.78. The number of furan rings is 1. The second kappa shape index (κ2) is 9.62. The number of Topliss-reactive ketones (excluding diaryl/α,β-unsaturated/α-hetero) is 1. The van der Waals surface area contributed by atoms with Gasteiger partial charge in [-0.25, -0.2) is 4.39 Å². The summed E-state index contributed by atoms with van der Waals surface area (Å²) in [5.74, 6) is -1.87. The van der Waals surface area contributed by atoms with Crippen molar-refractivity contribution in [1.29, 1.82) is 0 Å². The molecule has 2 aromatic rings. The van der Waals surface area contributed by atoms with Crippen LogP contribution >= 0.6 is 0 Å². The van der Waals surface area contributed by atoms with Gasteiger partial charge in [0, 0.05) is 6.54 Å². The number of carbonyl (C=O) groups is 3. The highest BCUT2D eigenvalue weighted by molar-refractivity contribution is 6.00. The van der Waals surface area contributed by atoms with Gasteiger partial charge in [0.25, 0.3) is 11.6 Å². The van der Waals surface area contributed by atoms with Gasteiger partial charge in [-0.1, -0.05) is 19.3 Å². The van der Waals surface area contributed by atoms with Crippen LogP contribution in [0.15, 0.2) is 41.0 Å². The molecule has 2 heterocycles. The van der Waals surface area contributed by atoms with Gasteiger partial charge in [-0.2, -0.15) is 0 Å². The van der Waals surface area contributed by atoms with E-state index in [9.17, 15) is 28.9 Å². The fourth-order valence-corrected chi connectivity index (χ4v) is 4.64. The number of nitro benzene ring substituents is 1. The molecule has 1 aromatic heterocycles. The molecule has 2 aliphatic rings. The van der Waals surface area contributed by atoms with Gasteiger partial charge in [0.2, 0.25) is 5.91 Å². The van der Waals surface area contributed by atoms with E-state index < -0.39 is 39.8 Å². The molecular formula is C23H25FN4O6. The summed E-state index contributed by atoms with van der Waals surface area (Å²) >= 11 is 0. The third-order valence-electron chi connectivity index (χ3n) is 6.44. The largest absolute Gasteiger partial charge is 0.459 e. The third-order valence-corrected chi connectivity index (χ3v) is 6.44. The first kappa shape index (κ1) is 23.4. The first-order valence-corrected chi connectivity index (χ1v) is 11.2. The number of piperidine rings is 1. The Bertz CT molecular complexity index is 1100. The predicted octanol–water partition coefficient (Wildman–Crippen LogP) is 2.72. The van der Waals surface area contributed by atoms with E-state index in [1.165, 1.54) is 23.3 Å². The van der Waals surface area contributed by atoms with Crippen LogP contribution < -0.4 is 15.5 Å². The minimum atomic E-state index is -1.14. The fraction of sp³-hybridized carbons (Fsp3) is 0.435. The maximum absolute atomic E-state index is 13.5. The minimum Gasteiger partial charge on any atom is -0.459 e. The molecule has 10 nitrogen and oxygen atoms in total. The van der Waals surface area contributed by atoms with Gasteiger partial charge in [-0.05, 0) is 43.5 Å². The molecule has 1 saturated carbocycles. The molecule has 2 N–H and O–H groups in total. The zero-order valence-corrected chi connectivity index (χ0v) is 18.4. The zero-order chi connectivity index (χ0) is 24.3. The Kier molecular flexibility index (Phi) is 6.62. The number of halogens is 1. The standard InChI is InChI=1S/C23H25FN4O6/c24-15-6-7-17(18(13-15)28(32)33)27-11-8-16(19(29)14-27)25-22(31)23(9-2-1-3-10-23)26-21(30)20-5-4-12-34-20/h4-7,12-13,16H,1-3,8-11,14H2,(H,25,31)(H,26,30). The van der Waals surface area contributed by atoms with Crippen molar-refractivity contribution in [2.75, 3.05) is 18.0 Å². The number of hydrogen-bond donors (Lipinski definition) is 2. The number of rotatable bonds is 6. The van der Waals surface area contributed by atoms with Gasteiger partial charge >= 0.3 is 0 Å². The lowest BCUT2D eigenvalue weighted by molar-refractivity contribution is -0.384. The van der Waals surface area contributed by atoms with E-state index in [1.54, 1.807) is 6.07 Å². The monoisotopic (exact) mass is 472 g/mol. The van der Waals surface area contributed by atoms with E-state index in [-0.39, 0.29) is 36.7 Å². The minimum absolute atomic E-state index is 0.100. The highest BCUT2D eigenvalue weighted by atomic mass is 19.1. The Labute approximate surface area is 194 Å². The van der Waals surface area contributed by atoms with Gasteiger partial charge in [0.15, 0.2) is 11.5 Å². The van der Waals surface area contributed by atoms with Crippen molar-refractivity contribution in [2.24, 2.45) is 0 Å². The number of anilines is 1. The average molecular weight is 472 g/mol. The van der Waals surface area contributed by atoms with Crippen LogP contribution in [-0.2, 0) is 9.59 Å². The molecule has 1 saturated heterocycles. The second-order valence-electron chi connectivity index (χ2n) is 8.67. The first-order chi connectivity index (χ1) is 16.3. The quantitative estimate of drug-likeness (QED) is 0.487. The summed E-state index contributed by atoms with van der Waals surface area (Å²) in [4.78, 5) is 50.9. The molecule has 1 aliphatic heterocycles. The molecule has 1 aromatic carbocycles. The summed E-state index contributed by atoms with van der Waals surface area (Å²) in [6, 6.07) is 5.51. The molecule has 2 amide bonds. The van der Waals surface area contributed by atoms with E-state index in [1.807, 2.05) is 0 Å². The van der Waals surface area contributed by atoms with Crippen LogP contribution in [0.5, 0.6) is 0 Å². The molecule has 34 heavy (non-hydrogen) atoms. The van der Waals surface area contributed by atoms with E-state index in [0.717, 1.165) is 31.4 Å². The van der Waals surface area contributed by atoms with Crippen molar-refractivity contribution in [2.45, 2.75) is 50.1 Å². The Balaban J connectivity index is 1.45. The molecule has 1 unspecified atom stereocenters. The number of nitro groups is 1. The van der Waals surface area contributed by atoms with Crippen LogP contribution in [0, 0.1) is 15.9 Å². The van der Waals surface area contributed by atoms with Crippen molar-refractivity contribution < 1.29 is 28.1 Å². The average Bonchev–Trinajstić information content (AvgIpc) is 3.36. The topological polar surface area (TPSA) is 135 Å². The second-order valence-corrected chi connectivity index (χ2v) is 8.67. The summed E-state index contributed by atoms with van der Waals surface area (Å²) < 4.78 is 18.6. The normalized spacial score (nSPS) is 20.0. The molecule has 1 atom stereocenters. The van der Waals surface area contributed by atoms with E-state index >= 15 is 0 Å². The molecule has 0 bridgehead atoms. The number of hydrogen-bond acceptors (Lipinski definition) is 7. The molecular weight excluding hydrogens is 447 g/mol. The molecule has 11 heteroatoms. The highest BCUT2D eigenvalue weighted by Gasteiger charge is 2.43. The van der Waals surface area contributed by atoms with E-state index in [4.69, 9.17) is 4.42 Å². The number of benzene rings is 1. The number of amides is 2. The summed E-state index contributed by atoms with van der Waals surface area (Å²) in [6.07, 6.45) is 4.94. The van der Waals surface area contributed by atoms with Crippen LogP contribution in [0.3, 0.4) is 0 Å². The summed E-state index contributed by atoms with van der Waals surface area (Å²) in [6.45, 7) is 0.0953. The highest BCUT2D eigenvalue weighted by Crippen LogP contribution is 2.32. The summed E-state index contributed by atoms with van der Waals surface area (Å²) in [5.41, 5.74) is -1.41. The Morgan fingerprint density at radius 2 is 1.97 bits per heavy atom. The maximum Gasteiger partial charge on any atom is 0.295 e. The Morgan fingerprint density at radius 1 is 1.21 bits per heavy atom. The van der Waals surface area contributed by atoms with Crippen LogP contribution in [0.4, 0.5) is 15.8 Å². The number of nitrogens with one attached hydrogen (secondary N) is 2. The van der Waals surface area contributed by atoms with Gasteiger partial charge in [0.1, 0.15) is 17.0 Å². The van der Waals surface area contributed by atoms with Crippen LogP contribution in [-0.4, -0.2) is 47.2 Å². The number of ketones is 1. The lowest BCUT2D eigenvalue weighted by Crippen LogP contribution is -2.63. The SMILES string of the molecule is O=C(NC1(C(=O)NC2CCN(c3ccc(F)cc3[N+](=O)[O-])CC2=O)CCCCC1)c1ccco1. The van der Waals surface area contributed by atoms with Crippen molar-refractivity contribution in [3.05, 3.63) is 58.3 Å². The molecule has 1 aliphatic carbocycles. The van der Waals surface area contributed by atoms with Gasteiger partial charge < -0.3 is 20.0 Å². The van der Waals surface area contributed by atoms with Gasteiger partial charge in [0.05, 0.1) is 29.8 Å². The zero-order valence-electron chi connectivity index (χ0n) is 18.4. The molecule has 0 spiro atoms. The van der Waals surface area contributed by atoms with E-state index in [0.29, 0.717) is 12.8 Å². The van der Waals surface area contributed by atoms with E-state index in [2.05, 4.69) is 10.6 Å². The molecule has 4 rings (SSSR count). The van der Waals surface area contributed by atoms with Gasteiger partial charge in [-0.3, -0.25) is 24.5 Å². The van der Waals surface area contributed by atoms with Crippen LogP contribution in [0.2, 0.25) is 0 Å². The lowest BCUT2D eigenvalue weighted by Gasteiger charge is -2.39. The van der Waals surface area contributed by atoms with Crippen molar-refractivity contribution >= 4 is 29.0 Å².